The zero-order valence-electron chi connectivity index (χ0n) is 18.7. The van der Waals surface area contributed by atoms with Gasteiger partial charge in [0.25, 0.3) is 11.5 Å². The quantitative estimate of drug-likeness (QED) is 0.233. The molecule has 0 aliphatic heterocycles. The lowest BCUT2D eigenvalue weighted by Crippen LogP contribution is -2.21. The van der Waals surface area contributed by atoms with Gasteiger partial charge in [-0.05, 0) is 99.0 Å². The molecule has 7 nitrogen and oxygen atoms in total. The number of amides is 1. The molecule has 5 rings (SSSR count). The van der Waals surface area contributed by atoms with Crippen molar-refractivity contribution in [1.29, 1.82) is 0 Å². The van der Waals surface area contributed by atoms with Crippen molar-refractivity contribution < 1.29 is 9.53 Å². The predicted octanol–water partition coefficient (Wildman–Crippen LogP) is 5.62. The van der Waals surface area contributed by atoms with Gasteiger partial charge in [-0.15, -0.1) is 11.3 Å². The average Bonchev–Trinajstić information content (AvgIpc) is 3.23. The number of carbonyl (C=O) groups excluding carboxylic acids is 1. The number of halogens is 2. The molecule has 1 aliphatic carbocycles. The molecule has 2 aromatic heterocycles. The number of rotatable bonds is 5. The number of fused-ring (bicyclic) bond motifs is 3. The Kier molecular flexibility index (Phi) is 6.86. The van der Waals surface area contributed by atoms with E-state index in [1.54, 1.807) is 55.3 Å². The molecule has 1 N–H and O–H groups in total. The second kappa shape index (κ2) is 10.0. The third-order valence-corrected chi connectivity index (χ3v) is 8.24. The average molecular weight is 616 g/mol. The van der Waals surface area contributed by atoms with Crippen molar-refractivity contribution in [3.63, 3.8) is 0 Å². The molecule has 0 fully saturated rings. The number of thiophene rings is 1. The van der Waals surface area contributed by atoms with E-state index in [1.807, 2.05) is 12.1 Å². The Hall–Kier alpha value is -2.82. The highest BCUT2D eigenvalue weighted by atomic mass is 79.9. The van der Waals surface area contributed by atoms with Gasteiger partial charge < -0.3 is 4.74 Å². The summed E-state index contributed by atoms with van der Waals surface area (Å²) in [6.45, 7) is 0. The topological polar surface area (TPSA) is 85.6 Å². The summed E-state index contributed by atoms with van der Waals surface area (Å²) in [5.74, 6) is 0.290. The van der Waals surface area contributed by atoms with Crippen LogP contribution in [0.15, 0.2) is 61.6 Å². The molecule has 0 bridgehead atoms. The monoisotopic (exact) mass is 614 g/mol. The molecule has 0 unspecified atom stereocenters. The molecule has 2 heterocycles. The van der Waals surface area contributed by atoms with Gasteiger partial charge in [0.05, 0.1) is 33.3 Å². The molecule has 0 saturated heterocycles. The van der Waals surface area contributed by atoms with Crippen LogP contribution in [0.3, 0.4) is 0 Å². The number of hydrazone groups is 1. The first-order valence-electron chi connectivity index (χ1n) is 10.9. The largest absolute Gasteiger partial charge is 0.494 e. The van der Waals surface area contributed by atoms with Gasteiger partial charge in [-0.1, -0.05) is 6.07 Å². The first-order valence-corrected chi connectivity index (χ1v) is 13.4. The number of hydrogen-bond acceptors (Lipinski definition) is 6. The lowest BCUT2D eigenvalue weighted by molar-refractivity contribution is 0.0955. The van der Waals surface area contributed by atoms with Gasteiger partial charge in [0, 0.05) is 10.4 Å². The van der Waals surface area contributed by atoms with Crippen molar-refractivity contribution >= 4 is 65.5 Å². The van der Waals surface area contributed by atoms with Gasteiger partial charge >= 0.3 is 0 Å². The highest BCUT2D eigenvalue weighted by Gasteiger charge is 2.20. The predicted molar refractivity (Wildman–Crippen MR) is 145 cm³/mol. The Morgan fingerprint density at radius 1 is 1.20 bits per heavy atom. The van der Waals surface area contributed by atoms with Crippen LogP contribution in [0.4, 0.5) is 0 Å². The van der Waals surface area contributed by atoms with Crippen molar-refractivity contribution in [3.8, 4) is 11.4 Å². The van der Waals surface area contributed by atoms with Crippen LogP contribution in [0.2, 0.25) is 0 Å². The second-order valence-electron chi connectivity index (χ2n) is 8.08. The first-order chi connectivity index (χ1) is 17.0. The number of benzene rings is 2. The Labute approximate surface area is 222 Å². The number of nitrogens with one attached hydrogen (secondary N) is 1. The van der Waals surface area contributed by atoms with E-state index in [0.717, 1.165) is 50.6 Å². The van der Waals surface area contributed by atoms with Gasteiger partial charge in [0.2, 0.25) is 0 Å². The summed E-state index contributed by atoms with van der Waals surface area (Å²) < 4.78 is 8.33. The molecule has 35 heavy (non-hydrogen) atoms. The summed E-state index contributed by atoms with van der Waals surface area (Å²) >= 11 is 8.52. The number of aryl methyl sites for hydroxylation is 2. The van der Waals surface area contributed by atoms with E-state index in [2.05, 4.69) is 47.4 Å². The van der Waals surface area contributed by atoms with Crippen LogP contribution < -0.4 is 15.7 Å². The third-order valence-electron chi connectivity index (χ3n) is 5.87. The van der Waals surface area contributed by atoms with Crippen molar-refractivity contribution in [2.75, 3.05) is 7.11 Å². The van der Waals surface area contributed by atoms with Crippen LogP contribution in [0, 0.1) is 0 Å². The van der Waals surface area contributed by atoms with Crippen LogP contribution in [0.5, 0.6) is 5.75 Å². The van der Waals surface area contributed by atoms with Gasteiger partial charge in [-0.3, -0.25) is 14.2 Å². The molecule has 0 atom stereocenters. The normalized spacial score (nSPS) is 13.2. The summed E-state index contributed by atoms with van der Waals surface area (Å²) in [5.41, 5.74) is 5.32. The fourth-order valence-electron chi connectivity index (χ4n) is 4.21. The number of ether oxygens (including phenoxy) is 1. The Morgan fingerprint density at radius 2 is 1.97 bits per heavy atom. The minimum atomic E-state index is -0.384. The SMILES string of the molecule is COc1c(Br)cc(/C=N/NC(=O)c2cccc(-n3cnc4sc5c(c4c3=O)CCCC5)c2)cc1Br. The lowest BCUT2D eigenvalue weighted by Gasteiger charge is -2.11. The fourth-order valence-corrected chi connectivity index (χ4v) is 6.97. The highest BCUT2D eigenvalue weighted by molar-refractivity contribution is 9.11. The number of carbonyl (C=O) groups is 1. The Balaban J connectivity index is 1.39. The van der Waals surface area contributed by atoms with Crippen molar-refractivity contribution in [3.05, 3.63) is 83.6 Å². The molecule has 0 saturated carbocycles. The highest BCUT2D eigenvalue weighted by Crippen LogP contribution is 2.34. The smallest absolute Gasteiger partial charge is 0.271 e. The van der Waals surface area contributed by atoms with Crippen LogP contribution in [0.1, 0.15) is 39.2 Å². The van der Waals surface area contributed by atoms with Gasteiger partial charge in [-0.2, -0.15) is 5.10 Å². The third kappa shape index (κ3) is 4.70. The summed E-state index contributed by atoms with van der Waals surface area (Å²) in [6, 6.07) is 10.5. The van der Waals surface area contributed by atoms with E-state index in [9.17, 15) is 9.59 Å². The fraction of sp³-hybridized carbons (Fsp3) is 0.200. The number of aromatic nitrogens is 2. The molecule has 0 radical (unpaired) electrons. The number of methoxy groups -OCH3 is 1. The van der Waals surface area contributed by atoms with Crippen molar-refractivity contribution in [2.24, 2.45) is 5.10 Å². The summed E-state index contributed by atoms with van der Waals surface area (Å²) in [4.78, 5) is 32.7. The maximum Gasteiger partial charge on any atom is 0.271 e. The Morgan fingerprint density at radius 3 is 2.74 bits per heavy atom. The van der Waals surface area contributed by atoms with E-state index >= 15 is 0 Å². The molecule has 1 amide bonds. The van der Waals surface area contributed by atoms with Gasteiger partial charge in [0.1, 0.15) is 16.9 Å². The maximum absolute atomic E-state index is 13.4. The minimum Gasteiger partial charge on any atom is -0.494 e. The molecule has 178 valence electrons. The number of hydrogen-bond donors (Lipinski definition) is 1. The zero-order chi connectivity index (χ0) is 24.5. The number of nitrogens with zero attached hydrogens (tertiary/aromatic N) is 3. The van der Waals surface area contributed by atoms with Gasteiger partial charge in [-0.25, -0.2) is 10.4 Å². The van der Waals surface area contributed by atoms with Gasteiger partial charge in [0.15, 0.2) is 0 Å². The molecule has 0 spiro atoms. The standard InChI is InChI=1S/C25H20Br2N4O3S/c1-34-22-18(26)9-14(10-19(22)27)12-29-30-23(32)15-5-4-6-16(11-15)31-13-28-24-21(25(31)33)17-7-2-3-8-20(17)35-24/h4-6,9-13H,2-3,7-8H2,1H3,(H,30,32)/b29-12+. The molecule has 2 aromatic carbocycles. The molecular formula is C25H20Br2N4O3S. The maximum atomic E-state index is 13.4. The minimum absolute atomic E-state index is 0.0966. The van der Waals surface area contributed by atoms with E-state index in [-0.39, 0.29) is 11.5 Å². The van der Waals surface area contributed by atoms with E-state index in [0.29, 0.717) is 22.4 Å². The van der Waals surface area contributed by atoms with Crippen LogP contribution in [-0.2, 0) is 12.8 Å². The first kappa shape index (κ1) is 23.9. The molecular weight excluding hydrogens is 596 g/mol. The molecule has 4 aromatic rings. The summed E-state index contributed by atoms with van der Waals surface area (Å²) in [6.07, 6.45) is 7.25. The van der Waals surface area contributed by atoms with E-state index in [1.165, 1.54) is 9.44 Å². The lowest BCUT2D eigenvalue weighted by atomic mass is 9.97. The van der Waals surface area contributed by atoms with Crippen molar-refractivity contribution in [1.82, 2.24) is 15.0 Å². The van der Waals surface area contributed by atoms with E-state index < -0.39 is 0 Å². The Bertz CT molecular complexity index is 1520. The summed E-state index contributed by atoms with van der Waals surface area (Å²) in [5, 5.41) is 4.78. The second-order valence-corrected chi connectivity index (χ2v) is 10.9. The van der Waals surface area contributed by atoms with E-state index in [4.69, 9.17) is 4.74 Å². The molecule has 1 aliphatic rings. The van der Waals surface area contributed by atoms with Crippen molar-refractivity contribution in [2.45, 2.75) is 25.7 Å². The molecule has 10 heteroatoms. The van der Waals surface area contributed by atoms with Crippen LogP contribution >= 0.6 is 43.2 Å². The zero-order valence-corrected chi connectivity index (χ0v) is 22.7. The van der Waals surface area contributed by atoms with Crippen LogP contribution in [-0.4, -0.2) is 28.8 Å². The summed E-state index contributed by atoms with van der Waals surface area (Å²) in [7, 11) is 1.59. The van der Waals surface area contributed by atoms with Crippen LogP contribution in [0.25, 0.3) is 15.9 Å².